The molecule has 5 heteroatoms. The smallest absolute Gasteiger partial charge is 0.410 e. The molecule has 5 nitrogen and oxygen atoms in total. The molecule has 1 aromatic carbocycles. The average Bonchev–Trinajstić information content (AvgIpc) is 2.36. The zero-order valence-corrected chi connectivity index (χ0v) is 9.34. The van der Waals surface area contributed by atoms with E-state index in [1.54, 1.807) is 24.3 Å². The molecule has 17 heavy (non-hydrogen) atoms. The van der Waals surface area contributed by atoms with Crippen LogP contribution in [0.3, 0.4) is 0 Å². The van der Waals surface area contributed by atoms with Crippen molar-refractivity contribution in [2.75, 3.05) is 13.7 Å². The number of carbonyl (C=O) groups is 1. The lowest BCUT2D eigenvalue weighted by Gasteiger charge is -2.02. The highest BCUT2D eigenvalue weighted by Gasteiger charge is 1.99. The molecule has 0 saturated carbocycles. The lowest BCUT2D eigenvalue weighted by atomic mass is 10.2. The number of terminal acetylenes is 1. The summed E-state index contributed by atoms with van der Waals surface area (Å²) in [5.41, 5.74) is 0.811. The Balaban J connectivity index is 2.53. The van der Waals surface area contributed by atoms with Crippen LogP contribution >= 0.6 is 0 Å². The largest absolute Gasteiger partial charge is 0.412 e. The molecular weight excluding hydrogens is 220 g/mol. The SMILES string of the molecule is C#CCO/N=C/c1ccc(OC(=O)NC)cc1. The van der Waals surface area contributed by atoms with E-state index < -0.39 is 6.09 Å². The quantitative estimate of drug-likeness (QED) is 0.369. The first kappa shape index (κ1) is 12.6. The van der Waals surface area contributed by atoms with Gasteiger partial charge in [0.15, 0.2) is 6.61 Å². The number of rotatable bonds is 4. The Morgan fingerprint density at radius 3 is 2.82 bits per heavy atom. The molecule has 0 unspecified atom stereocenters. The normalized spacial score (nSPS) is 9.65. The second kappa shape index (κ2) is 6.90. The van der Waals surface area contributed by atoms with Gasteiger partial charge in [0.1, 0.15) is 5.75 Å². The molecule has 1 rings (SSSR count). The molecule has 0 radical (unpaired) electrons. The van der Waals surface area contributed by atoms with Gasteiger partial charge in [-0.15, -0.1) is 6.42 Å². The van der Waals surface area contributed by atoms with Gasteiger partial charge in [-0.2, -0.15) is 0 Å². The van der Waals surface area contributed by atoms with E-state index in [4.69, 9.17) is 16.0 Å². The number of carbonyl (C=O) groups excluding carboxylic acids is 1. The number of hydrogen-bond acceptors (Lipinski definition) is 4. The van der Waals surface area contributed by atoms with E-state index in [2.05, 4.69) is 16.4 Å². The zero-order valence-electron chi connectivity index (χ0n) is 9.34. The topological polar surface area (TPSA) is 59.9 Å². The summed E-state index contributed by atoms with van der Waals surface area (Å²) in [6.45, 7) is 0.133. The van der Waals surface area contributed by atoms with Gasteiger partial charge in [-0.1, -0.05) is 11.1 Å². The van der Waals surface area contributed by atoms with Gasteiger partial charge in [-0.05, 0) is 29.8 Å². The van der Waals surface area contributed by atoms with Crippen molar-refractivity contribution in [2.45, 2.75) is 0 Å². The first-order valence-electron chi connectivity index (χ1n) is 4.84. The minimum atomic E-state index is -0.510. The van der Waals surface area contributed by atoms with Gasteiger partial charge in [0.2, 0.25) is 0 Å². The van der Waals surface area contributed by atoms with E-state index in [1.165, 1.54) is 13.3 Å². The van der Waals surface area contributed by atoms with Crippen LogP contribution in [-0.2, 0) is 4.84 Å². The van der Waals surface area contributed by atoms with Gasteiger partial charge in [0.25, 0.3) is 0 Å². The molecule has 0 fully saturated rings. The zero-order chi connectivity index (χ0) is 12.5. The Morgan fingerprint density at radius 1 is 1.53 bits per heavy atom. The predicted octanol–water partition coefficient (Wildman–Crippen LogP) is 1.39. The van der Waals surface area contributed by atoms with E-state index in [-0.39, 0.29) is 6.61 Å². The average molecular weight is 232 g/mol. The van der Waals surface area contributed by atoms with Crippen LogP contribution in [0, 0.1) is 12.3 Å². The predicted molar refractivity (Wildman–Crippen MR) is 63.9 cm³/mol. The van der Waals surface area contributed by atoms with Crippen LogP contribution in [0.25, 0.3) is 0 Å². The molecule has 0 bridgehead atoms. The molecule has 0 aliphatic rings. The highest BCUT2D eigenvalue weighted by molar-refractivity contribution is 5.79. The fraction of sp³-hybridized carbons (Fsp3) is 0.167. The Hall–Kier alpha value is -2.48. The van der Waals surface area contributed by atoms with Gasteiger partial charge >= 0.3 is 6.09 Å². The molecule has 1 aromatic rings. The van der Waals surface area contributed by atoms with Gasteiger partial charge in [-0.3, -0.25) is 0 Å². The van der Waals surface area contributed by atoms with Crippen molar-refractivity contribution in [3.63, 3.8) is 0 Å². The molecule has 0 saturated heterocycles. The lowest BCUT2D eigenvalue weighted by Crippen LogP contribution is -2.21. The van der Waals surface area contributed by atoms with E-state index in [9.17, 15) is 4.79 Å². The van der Waals surface area contributed by atoms with Gasteiger partial charge in [0.05, 0.1) is 6.21 Å². The third-order valence-electron chi connectivity index (χ3n) is 1.72. The Labute approximate surface area is 99.4 Å². The third-order valence-corrected chi connectivity index (χ3v) is 1.72. The van der Waals surface area contributed by atoms with Crippen LogP contribution in [-0.4, -0.2) is 26.0 Å². The van der Waals surface area contributed by atoms with E-state index in [1.807, 2.05) is 0 Å². The van der Waals surface area contributed by atoms with Gasteiger partial charge in [0, 0.05) is 7.05 Å². The Morgan fingerprint density at radius 2 is 2.24 bits per heavy atom. The van der Waals surface area contributed by atoms with Crippen molar-refractivity contribution >= 4 is 12.3 Å². The maximum atomic E-state index is 10.9. The van der Waals surface area contributed by atoms with Crippen LogP contribution in [0.1, 0.15) is 5.56 Å². The summed E-state index contributed by atoms with van der Waals surface area (Å²) in [7, 11) is 1.49. The second-order valence-electron chi connectivity index (χ2n) is 2.92. The van der Waals surface area contributed by atoms with Crippen LogP contribution in [0.2, 0.25) is 0 Å². The number of benzene rings is 1. The highest BCUT2D eigenvalue weighted by Crippen LogP contribution is 2.11. The monoisotopic (exact) mass is 232 g/mol. The molecule has 88 valence electrons. The first-order valence-corrected chi connectivity index (χ1v) is 4.84. The number of hydrogen-bond donors (Lipinski definition) is 1. The van der Waals surface area contributed by atoms with E-state index >= 15 is 0 Å². The standard InChI is InChI=1S/C12H12N2O3/c1-3-8-16-14-9-10-4-6-11(7-5-10)17-12(15)13-2/h1,4-7,9H,8H2,2H3,(H,13,15)/b14-9+. The number of nitrogens with zero attached hydrogens (tertiary/aromatic N) is 1. The minimum Gasteiger partial charge on any atom is -0.410 e. The molecule has 0 aromatic heterocycles. The van der Waals surface area contributed by atoms with Crippen molar-refractivity contribution in [3.05, 3.63) is 29.8 Å². The second-order valence-corrected chi connectivity index (χ2v) is 2.92. The van der Waals surface area contributed by atoms with Crippen molar-refractivity contribution in [1.29, 1.82) is 0 Å². The maximum absolute atomic E-state index is 10.9. The fourth-order valence-corrected chi connectivity index (χ4v) is 0.953. The third kappa shape index (κ3) is 4.71. The van der Waals surface area contributed by atoms with E-state index in [0.717, 1.165) is 5.56 Å². The summed E-state index contributed by atoms with van der Waals surface area (Å²) in [6.07, 6.45) is 5.99. The highest BCUT2D eigenvalue weighted by atomic mass is 16.6. The van der Waals surface area contributed by atoms with Crippen LogP contribution in [0.5, 0.6) is 5.75 Å². The van der Waals surface area contributed by atoms with Gasteiger partial charge in [-0.25, -0.2) is 4.79 Å². The molecule has 0 aliphatic heterocycles. The Kier molecular flexibility index (Phi) is 5.11. The summed E-state index contributed by atoms with van der Waals surface area (Å²) >= 11 is 0. The minimum absolute atomic E-state index is 0.133. The molecule has 0 aliphatic carbocycles. The van der Waals surface area contributed by atoms with Crippen molar-refractivity contribution in [3.8, 4) is 18.1 Å². The van der Waals surface area contributed by atoms with Crippen molar-refractivity contribution < 1.29 is 14.4 Å². The molecular formula is C12H12N2O3. The molecule has 0 atom stereocenters. The summed E-state index contributed by atoms with van der Waals surface area (Å²) in [5.74, 6) is 2.74. The van der Waals surface area contributed by atoms with Crippen molar-refractivity contribution in [1.82, 2.24) is 5.32 Å². The summed E-state index contributed by atoms with van der Waals surface area (Å²) in [5, 5.41) is 6.00. The van der Waals surface area contributed by atoms with Gasteiger partial charge < -0.3 is 14.9 Å². The molecule has 0 heterocycles. The Bertz CT molecular complexity index is 432. The summed E-state index contributed by atoms with van der Waals surface area (Å²) < 4.78 is 4.91. The summed E-state index contributed by atoms with van der Waals surface area (Å²) in [6, 6.07) is 6.78. The molecule has 0 spiro atoms. The number of ether oxygens (including phenoxy) is 1. The van der Waals surface area contributed by atoms with Crippen molar-refractivity contribution in [2.24, 2.45) is 5.16 Å². The summed E-state index contributed by atoms with van der Waals surface area (Å²) in [4.78, 5) is 15.6. The molecule has 1 amide bonds. The number of oxime groups is 1. The number of nitrogens with one attached hydrogen (secondary N) is 1. The maximum Gasteiger partial charge on any atom is 0.412 e. The van der Waals surface area contributed by atoms with Crippen LogP contribution < -0.4 is 10.1 Å². The van der Waals surface area contributed by atoms with Crippen LogP contribution in [0.4, 0.5) is 4.79 Å². The molecule has 1 N–H and O–H groups in total. The first-order chi connectivity index (χ1) is 8.26. The number of amides is 1. The van der Waals surface area contributed by atoms with Crippen LogP contribution in [0.15, 0.2) is 29.4 Å². The lowest BCUT2D eigenvalue weighted by molar-refractivity contribution is 0.181. The fourth-order valence-electron chi connectivity index (χ4n) is 0.953. The van der Waals surface area contributed by atoms with E-state index in [0.29, 0.717) is 5.75 Å².